The maximum atomic E-state index is 13.4. The molecule has 2 rings (SSSR count). The minimum Gasteiger partial charge on any atom is -0.496 e. The number of hydrogen-bond acceptors (Lipinski definition) is 4. The zero-order chi connectivity index (χ0) is 15.4. The Labute approximate surface area is 120 Å². The quantitative estimate of drug-likeness (QED) is 0.695. The molecule has 0 heterocycles. The maximum Gasteiger partial charge on any atom is 0.342 e. The SMILES string of the molecule is COc1ccc(N)cc1C(=O)OCc1ccc(F)cc1F. The highest BCUT2D eigenvalue weighted by Gasteiger charge is 2.15. The first-order valence-electron chi connectivity index (χ1n) is 6.06. The summed E-state index contributed by atoms with van der Waals surface area (Å²) in [6.07, 6.45) is 0. The molecule has 0 amide bonds. The second kappa shape index (κ2) is 6.21. The van der Waals surface area contributed by atoms with E-state index < -0.39 is 17.6 Å². The van der Waals surface area contributed by atoms with Crippen LogP contribution in [0, 0.1) is 11.6 Å². The second-order valence-corrected chi connectivity index (χ2v) is 4.27. The van der Waals surface area contributed by atoms with E-state index in [1.807, 2.05) is 0 Å². The predicted octanol–water partition coefficient (Wildman–Crippen LogP) is 2.91. The Kier molecular flexibility index (Phi) is 4.37. The first-order valence-corrected chi connectivity index (χ1v) is 6.06. The summed E-state index contributed by atoms with van der Waals surface area (Å²) in [7, 11) is 1.40. The minimum atomic E-state index is -0.776. The number of ether oxygens (including phenoxy) is 2. The van der Waals surface area contributed by atoms with Crippen LogP contribution in [0.5, 0.6) is 5.75 Å². The zero-order valence-electron chi connectivity index (χ0n) is 11.2. The van der Waals surface area contributed by atoms with Gasteiger partial charge in [0.25, 0.3) is 0 Å². The van der Waals surface area contributed by atoms with Crippen molar-refractivity contribution in [2.24, 2.45) is 0 Å². The fourth-order valence-corrected chi connectivity index (χ4v) is 1.74. The number of hydrogen-bond donors (Lipinski definition) is 1. The summed E-state index contributed by atoms with van der Waals surface area (Å²) in [5.41, 5.74) is 6.19. The van der Waals surface area contributed by atoms with Gasteiger partial charge in [-0.15, -0.1) is 0 Å². The molecule has 0 fully saturated rings. The van der Waals surface area contributed by atoms with Crippen molar-refractivity contribution >= 4 is 11.7 Å². The Morgan fingerprint density at radius 3 is 2.62 bits per heavy atom. The van der Waals surface area contributed by atoms with Gasteiger partial charge in [-0.2, -0.15) is 0 Å². The van der Waals surface area contributed by atoms with E-state index in [1.165, 1.54) is 25.3 Å². The topological polar surface area (TPSA) is 61.5 Å². The van der Waals surface area contributed by atoms with Crippen LogP contribution in [0.2, 0.25) is 0 Å². The molecule has 0 unspecified atom stereocenters. The zero-order valence-corrected chi connectivity index (χ0v) is 11.2. The highest BCUT2D eigenvalue weighted by molar-refractivity contribution is 5.93. The van der Waals surface area contributed by atoms with Crippen LogP contribution < -0.4 is 10.5 Å². The van der Waals surface area contributed by atoms with E-state index in [4.69, 9.17) is 15.2 Å². The van der Waals surface area contributed by atoms with Crippen LogP contribution in [-0.2, 0) is 11.3 Å². The van der Waals surface area contributed by atoms with E-state index in [1.54, 1.807) is 6.07 Å². The van der Waals surface area contributed by atoms with E-state index in [0.717, 1.165) is 12.1 Å². The standard InChI is InChI=1S/C15H13F2NO3/c1-20-14-5-4-11(18)7-12(14)15(19)21-8-9-2-3-10(16)6-13(9)17/h2-7H,8,18H2,1H3. The van der Waals surface area contributed by atoms with Gasteiger partial charge in [-0.25, -0.2) is 13.6 Å². The van der Waals surface area contributed by atoms with Crippen molar-refractivity contribution in [1.29, 1.82) is 0 Å². The molecule has 6 heteroatoms. The van der Waals surface area contributed by atoms with Crippen LogP contribution in [0.1, 0.15) is 15.9 Å². The van der Waals surface area contributed by atoms with E-state index in [9.17, 15) is 13.6 Å². The molecule has 0 saturated carbocycles. The fraction of sp³-hybridized carbons (Fsp3) is 0.133. The van der Waals surface area contributed by atoms with Crippen LogP contribution in [-0.4, -0.2) is 13.1 Å². The average molecular weight is 293 g/mol. The lowest BCUT2D eigenvalue weighted by molar-refractivity contribution is 0.0465. The lowest BCUT2D eigenvalue weighted by atomic mass is 10.1. The fourth-order valence-electron chi connectivity index (χ4n) is 1.74. The third-order valence-electron chi connectivity index (χ3n) is 2.82. The molecule has 0 radical (unpaired) electrons. The van der Waals surface area contributed by atoms with Crippen LogP contribution in [0.4, 0.5) is 14.5 Å². The van der Waals surface area contributed by atoms with Crippen molar-refractivity contribution in [3.8, 4) is 5.75 Å². The van der Waals surface area contributed by atoms with E-state index in [0.29, 0.717) is 11.4 Å². The summed E-state index contributed by atoms with van der Waals surface area (Å²) in [6, 6.07) is 7.55. The molecule has 21 heavy (non-hydrogen) atoms. The Morgan fingerprint density at radius 1 is 1.19 bits per heavy atom. The third kappa shape index (κ3) is 3.47. The molecular formula is C15H13F2NO3. The number of nitrogen functional groups attached to an aromatic ring is 1. The molecule has 0 spiro atoms. The summed E-state index contributed by atoms with van der Waals surface area (Å²) in [5, 5.41) is 0. The largest absolute Gasteiger partial charge is 0.496 e. The molecule has 0 bridgehead atoms. The first-order chi connectivity index (χ1) is 10.0. The molecule has 2 aromatic rings. The average Bonchev–Trinajstić information content (AvgIpc) is 2.46. The Bertz CT molecular complexity index is 674. The molecule has 2 N–H and O–H groups in total. The molecule has 0 atom stereocenters. The predicted molar refractivity (Wildman–Crippen MR) is 72.9 cm³/mol. The maximum absolute atomic E-state index is 13.4. The van der Waals surface area contributed by atoms with Gasteiger partial charge in [0, 0.05) is 17.3 Å². The number of carbonyl (C=O) groups is 1. The summed E-state index contributed by atoms with van der Waals surface area (Å²) >= 11 is 0. The third-order valence-corrected chi connectivity index (χ3v) is 2.82. The first kappa shape index (κ1) is 14.8. The molecule has 2 aromatic carbocycles. The normalized spacial score (nSPS) is 10.2. The molecular weight excluding hydrogens is 280 g/mol. The van der Waals surface area contributed by atoms with Crippen LogP contribution >= 0.6 is 0 Å². The molecule has 4 nitrogen and oxygen atoms in total. The number of nitrogens with two attached hydrogens (primary N) is 1. The van der Waals surface area contributed by atoms with Crippen LogP contribution in [0.25, 0.3) is 0 Å². The summed E-state index contributed by atoms with van der Waals surface area (Å²) in [4.78, 5) is 12.0. The smallest absolute Gasteiger partial charge is 0.342 e. The number of anilines is 1. The molecule has 0 saturated heterocycles. The minimum absolute atomic E-state index is 0.0765. The van der Waals surface area contributed by atoms with Crippen LogP contribution in [0.3, 0.4) is 0 Å². The van der Waals surface area contributed by atoms with Crippen molar-refractivity contribution < 1.29 is 23.0 Å². The van der Waals surface area contributed by atoms with Crippen LogP contribution in [0.15, 0.2) is 36.4 Å². The number of halogens is 2. The monoisotopic (exact) mass is 293 g/mol. The van der Waals surface area contributed by atoms with E-state index in [2.05, 4.69) is 0 Å². The van der Waals surface area contributed by atoms with Gasteiger partial charge in [0.15, 0.2) is 0 Å². The molecule has 110 valence electrons. The van der Waals surface area contributed by atoms with Crippen molar-refractivity contribution in [3.05, 3.63) is 59.2 Å². The highest BCUT2D eigenvalue weighted by Crippen LogP contribution is 2.22. The molecule has 0 aliphatic rings. The van der Waals surface area contributed by atoms with Gasteiger partial charge in [0.05, 0.1) is 7.11 Å². The summed E-state index contributed by atoms with van der Waals surface area (Å²) in [6.45, 7) is -0.317. The van der Waals surface area contributed by atoms with Gasteiger partial charge < -0.3 is 15.2 Å². The van der Waals surface area contributed by atoms with Gasteiger partial charge >= 0.3 is 5.97 Å². The van der Waals surface area contributed by atoms with Crippen molar-refractivity contribution in [2.75, 3.05) is 12.8 Å². The number of rotatable bonds is 4. The number of esters is 1. The highest BCUT2D eigenvalue weighted by atomic mass is 19.1. The summed E-state index contributed by atoms with van der Waals surface area (Å²) in [5.74, 6) is -1.88. The van der Waals surface area contributed by atoms with E-state index >= 15 is 0 Å². The van der Waals surface area contributed by atoms with Gasteiger partial charge in [0.2, 0.25) is 0 Å². The number of benzene rings is 2. The number of carbonyl (C=O) groups excluding carboxylic acids is 1. The van der Waals surface area contributed by atoms with Gasteiger partial charge in [-0.05, 0) is 30.3 Å². The van der Waals surface area contributed by atoms with Gasteiger partial charge in [0.1, 0.15) is 29.6 Å². The number of methoxy groups -OCH3 is 1. The van der Waals surface area contributed by atoms with Crippen molar-refractivity contribution in [3.63, 3.8) is 0 Å². The second-order valence-electron chi connectivity index (χ2n) is 4.27. The Hall–Kier alpha value is -2.63. The Morgan fingerprint density at radius 2 is 1.95 bits per heavy atom. The van der Waals surface area contributed by atoms with Crippen molar-refractivity contribution in [2.45, 2.75) is 6.61 Å². The van der Waals surface area contributed by atoms with Gasteiger partial charge in [-0.1, -0.05) is 0 Å². The summed E-state index contributed by atoms with van der Waals surface area (Å²) < 4.78 is 36.2. The lowest BCUT2D eigenvalue weighted by Gasteiger charge is -2.10. The van der Waals surface area contributed by atoms with Crippen molar-refractivity contribution in [1.82, 2.24) is 0 Å². The molecule has 0 aliphatic heterocycles. The molecule has 0 aromatic heterocycles. The Balaban J connectivity index is 2.13. The molecule has 0 aliphatic carbocycles. The van der Waals surface area contributed by atoms with E-state index in [-0.39, 0.29) is 17.7 Å². The lowest BCUT2D eigenvalue weighted by Crippen LogP contribution is -2.08. The van der Waals surface area contributed by atoms with Gasteiger partial charge in [-0.3, -0.25) is 0 Å².